The van der Waals surface area contributed by atoms with Crippen molar-refractivity contribution in [3.05, 3.63) is 0 Å². The van der Waals surface area contributed by atoms with Crippen LogP contribution < -0.4 is 5.73 Å². The molecule has 0 amide bonds. The summed E-state index contributed by atoms with van der Waals surface area (Å²) in [6, 6.07) is 0.104. The molecular formula is C14H30N2O. The topological polar surface area (TPSA) is 38.5 Å². The van der Waals surface area contributed by atoms with Gasteiger partial charge in [0, 0.05) is 18.2 Å². The maximum atomic E-state index is 6.31. The number of likely N-dealkylation sites (tertiary alicyclic amines) is 1. The Hall–Kier alpha value is -0.120. The Kier molecular flexibility index (Phi) is 6.45. The Balaban J connectivity index is 2.45. The maximum absolute atomic E-state index is 6.31. The molecule has 1 aliphatic rings. The van der Waals surface area contributed by atoms with E-state index in [0.29, 0.717) is 6.61 Å². The molecule has 1 saturated heterocycles. The Morgan fingerprint density at radius 1 is 1.18 bits per heavy atom. The van der Waals surface area contributed by atoms with Gasteiger partial charge in [0.2, 0.25) is 0 Å². The minimum Gasteiger partial charge on any atom is -0.380 e. The van der Waals surface area contributed by atoms with Crippen molar-refractivity contribution in [1.82, 2.24) is 4.90 Å². The van der Waals surface area contributed by atoms with Crippen molar-refractivity contribution in [3.8, 4) is 0 Å². The van der Waals surface area contributed by atoms with E-state index < -0.39 is 0 Å². The Bertz CT molecular complexity index is 198. The van der Waals surface area contributed by atoms with Gasteiger partial charge in [-0.15, -0.1) is 0 Å². The molecule has 102 valence electrons. The second-order valence-corrected chi connectivity index (χ2v) is 5.74. The molecule has 0 aromatic rings. The van der Waals surface area contributed by atoms with E-state index in [2.05, 4.69) is 25.7 Å². The zero-order chi connectivity index (χ0) is 12.7. The van der Waals surface area contributed by atoms with Crippen LogP contribution in [0.2, 0.25) is 0 Å². The number of ether oxygens (including phenoxy) is 1. The first-order valence-electron chi connectivity index (χ1n) is 7.17. The number of nitrogens with two attached hydrogens (primary N) is 1. The largest absolute Gasteiger partial charge is 0.380 e. The highest BCUT2D eigenvalue weighted by molar-refractivity contribution is 4.92. The van der Waals surface area contributed by atoms with Crippen molar-refractivity contribution < 1.29 is 4.74 Å². The van der Waals surface area contributed by atoms with Crippen LogP contribution in [0.25, 0.3) is 0 Å². The molecule has 0 aliphatic carbocycles. The molecule has 3 nitrogen and oxygen atoms in total. The molecule has 0 bridgehead atoms. The van der Waals surface area contributed by atoms with Gasteiger partial charge in [-0.1, -0.05) is 19.8 Å². The number of hydrogen-bond acceptors (Lipinski definition) is 3. The van der Waals surface area contributed by atoms with Crippen LogP contribution in [0.4, 0.5) is 0 Å². The molecule has 2 N–H and O–H groups in total. The summed E-state index contributed by atoms with van der Waals surface area (Å²) in [5.41, 5.74) is 6.36. The zero-order valence-electron chi connectivity index (χ0n) is 11.9. The molecule has 17 heavy (non-hydrogen) atoms. The van der Waals surface area contributed by atoms with E-state index in [0.717, 1.165) is 13.0 Å². The van der Waals surface area contributed by atoms with Crippen molar-refractivity contribution >= 4 is 0 Å². The smallest absolute Gasteiger partial charge is 0.0635 e. The lowest BCUT2D eigenvalue weighted by atomic mass is 9.93. The van der Waals surface area contributed by atoms with Gasteiger partial charge in [0.15, 0.2) is 0 Å². The summed E-state index contributed by atoms with van der Waals surface area (Å²) < 4.78 is 5.60. The van der Waals surface area contributed by atoms with Gasteiger partial charge in [-0.2, -0.15) is 0 Å². The summed E-state index contributed by atoms with van der Waals surface area (Å²) in [6.07, 6.45) is 6.43. The fourth-order valence-electron chi connectivity index (χ4n) is 2.44. The molecule has 0 aromatic carbocycles. The molecule has 1 atom stereocenters. The highest BCUT2D eigenvalue weighted by Crippen LogP contribution is 2.22. The van der Waals surface area contributed by atoms with E-state index in [4.69, 9.17) is 10.5 Å². The summed E-state index contributed by atoms with van der Waals surface area (Å²) >= 11 is 0. The van der Waals surface area contributed by atoms with Crippen molar-refractivity contribution in [2.45, 2.75) is 64.5 Å². The normalized spacial score (nSPS) is 21.2. The van der Waals surface area contributed by atoms with Crippen LogP contribution in [-0.2, 0) is 4.74 Å². The first-order valence-corrected chi connectivity index (χ1v) is 7.17. The maximum Gasteiger partial charge on any atom is 0.0635 e. The summed E-state index contributed by atoms with van der Waals surface area (Å²) in [6.45, 7) is 10.5. The van der Waals surface area contributed by atoms with Gasteiger partial charge in [-0.3, -0.25) is 4.90 Å². The van der Waals surface area contributed by atoms with Crippen LogP contribution in [0, 0.1) is 0 Å². The average molecular weight is 242 g/mol. The SMILES string of the molecule is CCCOCC(N)C(C)(C)N1CCCCCC1. The van der Waals surface area contributed by atoms with Gasteiger partial charge in [0.05, 0.1) is 6.61 Å². The van der Waals surface area contributed by atoms with Crippen molar-refractivity contribution in [3.63, 3.8) is 0 Å². The van der Waals surface area contributed by atoms with Crippen LogP contribution in [0.3, 0.4) is 0 Å². The highest BCUT2D eigenvalue weighted by atomic mass is 16.5. The molecule has 0 saturated carbocycles. The van der Waals surface area contributed by atoms with Gasteiger partial charge in [-0.25, -0.2) is 0 Å². The molecule has 3 heteroatoms. The van der Waals surface area contributed by atoms with Gasteiger partial charge < -0.3 is 10.5 Å². The summed E-state index contributed by atoms with van der Waals surface area (Å²) in [5, 5.41) is 0. The van der Waals surface area contributed by atoms with Gasteiger partial charge in [0.1, 0.15) is 0 Å². The number of nitrogens with zero attached hydrogens (tertiary/aromatic N) is 1. The lowest BCUT2D eigenvalue weighted by Crippen LogP contribution is -2.58. The van der Waals surface area contributed by atoms with E-state index in [1.165, 1.54) is 38.8 Å². The molecule has 1 rings (SSSR count). The van der Waals surface area contributed by atoms with Crippen molar-refractivity contribution in [2.24, 2.45) is 5.73 Å². The second kappa shape index (κ2) is 7.34. The van der Waals surface area contributed by atoms with E-state index >= 15 is 0 Å². The summed E-state index contributed by atoms with van der Waals surface area (Å²) in [4.78, 5) is 2.56. The Morgan fingerprint density at radius 3 is 2.29 bits per heavy atom. The molecule has 0 aromatic heterocycles. The molecule has 0 radical (unpaired) electrons. The summed E-state index contributed by atoms with van der Waals surface area (Å²) in [7, 11) is 0. The zero-order valence-corrected chi connectivity index (χ0v) is 11.9. The summed E-state index contributed by atoms with van der Waals surface area (Å²) in [5.74, 6) is 0. The Morgan fingerprint density at radius 2 is 1.76 bits per heavy atom. The minimum atomic E-state index is 0.0537. The lowest BCUT2D eigenvalue weighted by molar-refractivity contribution is 0.0408. The lowest BCUT2D eigenvalue weighted by Gasteiger charge is -2.42. The fraction of sp³-hybridized carbons (Fsp3) is 1.00. The predicted octanol–water partition coefficient (Wildman–Crippen LogP) is 2.39. The van der Waals surface area contributed by atoms with Crippen molar-refractivity contribution in [1.29, 1.82) is 0 Å². The average Bonchev–Trinajstić information content (AvgIpc) is 2.58. The molecular weight excluding hydrogens is 212 g/mol. The van der Waals surface area contributed by atoms with Crippen LogP contribution in [0.1, 0.15) is 52.9 Å². The second-order valence-electron chi connectivity index (χ2n) is 5.74. The van der Waals surface area contributed by atoms with E-state index in [1.54, 1.807) is 0 Å². The molecule has 1 heterocycles. The van der Waals surface area contributed by atoms with E-state index in [9.17, 15) is 0 Å². The first-order chi connectivity index (χ1) is 8.09. The molecule has 0 spiro atoms. The van der Waals surface area contributed by atoms with Crippen LogP contribution >= 0.6 is 0 Å². The Labute approximate surface area is 107 Å². The van der Waals surface area contributed by atoms with Gasteiger partial charge >= 0.3 is 0 Å². The third-order valence-corrected chi connectivity index (χ3v) is 3.97. The molecule has 1 aliphatic heterocycles. The third-order valence-electron chi connectivity index (χ3n) is 3.97. The number of hydrogen-bond donors (Lipinski definition) is 1. The molecule has 1 unspecified atom stereocenters. The van der Waals surface area contributed by atoms with Crippen molar-refractivity contribution in [2.75, 3.05) is 26.3 Å². The number of rotatable bonds is 6. The van der Waals surface area contributed by atoms with E-state index in [1.807, 2.05) is 0 Å². The minimum absolute atomic E-state index is 0.0537. The van der Waals surface area contributed by atoms with Gasteiger partial charge in [0.25, 0.3) is 0 Å². The predicted molar refractivity (Wildman–Crippen MR) is 73.2 cm³/mol. The fourth-order valence-corrected chi connectivity index (χ4v) is 2.44. The standard InChI is InChI=1S/C14H30N2O/c1-4-11-17-12-13(15)14(2,3)16-9-7-5-6-8-10-16/h13H,4-12,15H2,1-3H3. The highest BCUT2D eigenvalue weighted by Gasteiger charge is 2.33. The quantitative estimate of drug-likeness (QED) is 0.727. The monoisotopic (exact) mass is 242 g/mol. The van der Waals surface area contributed by atoms with E-state index in [-0.39, 0.29) is 11.6 Å². The van der Waals surface area contributed by atoms with Crippen LogP contribution in [0.5, 0.6) is 0 Å². The molecule has 1 fully saturated rings. The van der Waals surface area contributed by atoms with Gasteiger partial charge in [-0.05, 0) is 46.2 Å². The third kappa shape index (κ3) is 4.57. The first kappa shape index (κ1) is 14.9. The van der Waals surface area contributed by atoms with Crippen LogP contribution in [0.15, 0.2) is 0 Å². The van der Waals surface area contributed by atoms with Crippen LogP contribution in [-0.4, -0.2) is 42.8 Å².